The lowest BCUT2D eigenvalue weighted by molar-refractivity contribution is -0.132. The molecule has 0 aliphatic carbocycles. The van der Waals surface area contributed by atoms with E-state index in [4.69, 9.17) is 4.74 Å². The second-order valence-corrected chi connectivity index (χ2v) is 7.41. The molecule has 31 heavy (non-hydrogen) atoms. The number of alkyl halides is 3. The minimum absolute atomic E-state index is 0.195. The third-order valence-electron chi connectivity index (χ3n) is 5.21. The molecule has 0 N–H and O–H groups in total. The highest BCUT2D eigenvalue weighted by atomic mass is 19.4. The molecule has 0 aliphatic heterocycles. The minimum atomic E-state index is -4.24. The number of hydrogen-bond donors (Lipinski definition) is 0. The average Bonchev–Trinajstić information content (AvgIpc) is 2.74. The van der Waals surface area contributed by atoms with Crippen LogP contribution < -0.4 is 10.5 Å². The van der Waals surface area contributed by atoms with Gasteiger partial charge in [0, 0.05) is 25.9 Å². The van der Waals surface area contributed by atoms with Gasteiger partial charge in [0.2, 0.25) is 0 Å². The van der Waals surface area contributed by atoms with Gasteiger partial charge in [-0.2, -0.15) is 13.2 Å². The van der Waals surface area contributed by atoms with Gasteiger partial charge in [0.15, 0.2) is 0 Å². The number of ether oxygens (including phenoxy) is 1. The first kappa shape index (κ1) is 22.8. The zero-order chi connectivity index (χ0) is 22.6. The van der Waals surface area contributed by atoms with Gasteiger partial charge >= 0.3 is 6.18 Å². The Morgan fingerprint density at radius 3 is 2.52 bits per heavy atom. The molecule has 3 rings (SSSR count). The van der Waals surface area contributed by atoms with Crippen LogP contribution in [0.15, 0.2) is 53.3 Å². The highest BCUT2D eigenvalue weighted by Crippen LogP contribution is 2.25. The van der Waals surface area contributed by atoms with Crippen molar-refractivity contribution in [3.05, 3.63) is 70.3 Å². The fraction of sp³-hybridized carbons (Fsp3) is 0.391. The Morgan fingerprint density at radius 1 is 1.16 bits per heavy atom. The lowest BCUT2D eigenvalue weighted by Gasteiger charge is -2.23. The maximum atomic E-state index is 13.5. The smallest absolute Gasteiger partial charge is 0.379 e. The molecule has 3 aromatic rings. The van der Waals surface area contributed by atoms with E-state index in [-0.39, 0.29) is 18.1 Å². The molecular weight excluding hydrogens is 407 g/mol. The van der Waals surface area contributed by atoms with Crippen LogP contribution in [0.1, 0.15) is 30.8 Å². The molecule has 2 aromatic carbocycles. The van der Waals surface area contributed by atoms with Crippen molar-refractivity contribution in [1.29, 1.82) is 0 Å². The van der Waals surface area contributed by atoms with E-state index in [0.717, 1.165) is 5.56 Å². The second-order valence-electron chi connectivity index (χ2n) is 7.41. The molecule has 1 aromatic heterocycles. The van der Waals surface area contributed by atoms with E-state index in [1.165, 1.54) is 4.90 Å². The van der Waals surface area contributed by atoms with Crippen LogP contribution in [-0.4, -0.2) is 42.5 Å². The predicted molar refractivity (Wildman–Crippen MR) is 116 cm³/mol. The van der Waals surface area contributed by atoms with Crippen molar-refractivity contribution < 1.29 is 17.9 Å². The highest BCUT2D eigenvalue weighted by molar-refractivity contribution is 5.82. The Labute approximate surface area is 179 Å². The summed E-state index contributed by atoms with van der Waals surface area (Å²) in [5.74, 6) is 0.546. The van der Waals surface area contributed by atoms with Crippen molar-refractivity contribution in [1.82, 2.24) is 9.55 Å². The molecule has 0 unspecified atom stereocenters. The summed E-state index contributed by atoms with van der Waals surface area (Å²) in [5, 5.41) is 0.361. The summed E-state index contributed by atoms with van der Waals surface area (Å²) in [7, 11) is 1.58. The lowest BCUT2D eigenvalue weighted by atomic mass is 10.1. The second kappa shape index (κ2) is 9.51. The summed E-state index contributed by atoms with van der Waals surface area (Å²) >= 11 is 0. The number of fused-ring (bicyclic) bond motifs is 1. The number of nitrogens with zero attached hydrogens (tertiary/aromatic N) is 3. The first-order valence-corrected chi connectivity index (χ1v) is 10.1. The van der Waals surface area contributed by atoms with E-state index in [0.29, 0.717) is 35.6 Å². The van der Waals surface area contributed by atoms with Crippen molar-refractivity contribution in [3.8, 4) is 0 Å². The molecule has 0 radical (unpaired) electrons. The molecule has 0 fully saturated rings. The lowest BCUT2D eigenvalue weighted by Crippen LogP contribution is -2.31. The monoisotopic (exact) mass is 433 g/mol. The number of halogens is 3. The van der Waals surface area contributed by atoms with Gasteiger partial charge in [-0.25, -0.2) is 4.98 Å². The van der Waals surface area contributed by atoms with Crippen molar-refractivity contribution in [2.45, 2.75) is 32.5 Å². The normalized spacial score (nSPS) is 12.8. The zero-order valence-corrected chi connectivity index (χ0v) is 17.8. The maximum absolute atomic E-state index is 13.5. The zero-order valence-electron chi connectivity index (χ0n) is 17.8. The largest absolute Gasteiger partial charge is 0.390 e. The van der Waals surface area contributed by atoms with E-state index < -0.39 is 12.6 Å². The van der Waals surface area contributed by atoms with Crippen molar-refractivity contribution in [3.63, 3.8) is 0 Å². The number of anilines is 1. The Morgan fingerprint density at radius 2 is 1.87 bits per heavy atom. The minimum Gasteiger partial charge on any atom is -0.379 e. The van der Waals surface area contributed by atoms with E-state index >= 15 is 0 Å². The summed E-state index contributed by atoms with van der Waals surface area (Å²) < 4.78 is 45.0. The molecule has 1 atom stereocenters. The topological polar surface area (TPSA) is 47.4 Å². The molecule has 8 heteroatoms. The van der Waals surface area contributed by atoms with Crippen LogP contribution in [0.25, 0.3) is 10.9 Å². The van der Waals surface area contributed by atoms with E-state index in [9.17, 15) is 18.0 Å². The van der Waals surface area contributed by atoms with E-state index in [1.807, 2.05) is 37.3 Å². The fourth-order valence-corrected chi connectivity index (χ4v) is 3.55. The van der Waals surface area contributed by atoms with Gasteiger partial charge in [0.25, 0.3) is 5.56 Å². The first-order chi connectivity index (χ1) is 14.7. The van der Waals surface area contributed by atoms with Crippen LogP contribution in [0, 0.1) is 6.92 Å². The Kier molecular flexibility index (Phi) is 7.00. The summed E-state index contributed by atoms with van der Waals surface area (Å²) in [6, 6.07) is 14.2. The molecular formula is C23H26F3N3O2. The standard InChI is InChI=1S/C23H26F3N3O2/c1-4-31-15-21(17-8-6-5-7-9-17)29-16(2)27-20-11-10-18(14-19(20)22(29)30)28(3)13-12-23(24,25)26/h5-11,14,21H,4,12-13,15H2,1-3H3/t21-/m1/s1. The first-order valence-electron chi connectivity index (χ1n) is 10.1. The Hall–Kier alpha value is -2.87. The third kappa shape index (κ3) is 5.44. The molecule has 1 heterocycles. The molecule has 0 saturated heterocycles. The van der Waals surface area contributed by atoms with Gasteiger partial charge in [0.05, 0.1) is 30.0 Å². The number of aromatic nitrogens is 2. The number of aryl methyl sites for hydroxylation is 1. The van der Waals surface area contributed by atoms with Gasteiger partial charge in [-0.3, -0.25) is 9.36 Å². The number of rotatable bonds is 8. The van der Waals surface area contributed by atoms with Gasteiger partial charge in [0.1, 0.15) is 5.82 Å². The van der Waals surface area contributed by atoms with Crippen LogP contribution in [0.2, 0.25) is 0 Å². The van der Waals surface area contributed by atoms with Gasteiger partial charge in [-0.05, 0) is 37.6 Å². The van der Waals surface area contributed by atoms with E-state index in [1.54, 1.807) is 36.7 Å². The summed E-state index contributed by atoms with van der Waals surface area (Å²) in [5.41, 5.74) is 1.71. The quantitative estimate of drug-likeness (QED) is 0.516. The van der Waals surface area contributed by atoms with Crippen LogP contribution in [0.3, 0.4) is 0 Å². The highest BCUT2D eigenvalue weighted by Gasteiger charge is 2.27. The van der Waals surface area contributed by atoms with Crippen LogP contribution in [-0.2, 0) is 4.74 Å². The van der Waals surface area contributed by atoms with Crippen LogP contribution in [0.5, 0.6) is 0 Å². The summed E-state index contributed by atoms with van der Waals surface area (Å²) in [6.07, 6.45) is -5.17. The molecule has 0 amide bonds. The average molecular weight is 433 g/mol. The fourth-order valence-electron chi connectivity index (χ4n) is 3.55. The molecule has 0 bridgehead atoms. The van der Waals surface area contributed by atoms with Crippen molar-refractivity contribution in [2.75, 3.05) is 31.7 Å². The summed E-state index contributed by atoms with van der Waals surface area (Å²) in [4.78, 5) is 19.6. The van der Waals surface area contributed by atoms with Gasteiger partial charge in [-0.1, -0.05) is 30.3 Å². The van der Waals surface area contributed by atoms with Crippen molar-refractivity contribution >= 4 is 16.6 Å². The maximum Gasteiger partial charge on any atom is 0.390 e. The molecule has 5 nitrogen and oxygen atoms in total. The van der Waals surface area contributed by atoms with Crippen molar-refractivity contribution in [2.24, 2.45) is 0 Å². The number of hydrogen-bond acceptors (Lipinski definition) is 4. The predicted octanol–water partition coefficient (Wildman–Crippen LogP) is 4.72. The molecule has 0 saturated carbocycles. The molecule has 0 aliphatic rings. The summed E-state index contributed by atoms with van der Waals surface area (Å²) in [6.45, 7) is 4.27. The van der Waals surface area contributed by atoms with Gasteiger partial charge < -0.3 is 9.64 Å². The van der Waals surface area contributed by atoms with E-state index in [2.05, 4.69) is 4.98 Å². The van der Waals surface area contributed by atoms with Crippen LogP contribution in [0.4, 0.5) is 18.9 Å². The van der Waals surface area contributed by atoms with Crippen LogP contribution >= 0.6 is 0 Å². The van der Waals surface area contributed by atoms with Gasteiger partial charge in [-0.15, -0.1) is 0 Å². The molecule has 166 valence electrons. The third-order valence-corrected chi connectivity index (χ3v) is 5.21. The Balaban J connectivity index is 2.06. The molecule has 0 spiro atoms. The number of benzene rings is 2. The SMILES string of the molecule is CCOC[C@H](c1ccccc1)n1c(C)nc2ccc(N(C)CCC(F)(F)F)cc2c1=O. The Bertz CT molecular complexity index is 1080.